The van der Waals surface area contributed by atoms with Crippen molar-refractivity contribution in [1.82, 2.24) is 4.90 Å². The standard InChI is InChI=1S/C13H20N2OS2/c1-15(8-10-18-2)7-9-16-12-6-4-3-5-11(12)13(14)17/h3-6H,7-10H2,1-2H3,(H2,14,17). The van der Waals surface area contributed by atoms with Crippen molar-refractivity contribution < 1.29 is 4.74 Å². The maximum Gasteiger partial charge on any atom is 0.129 e. The third-order valence-electron chi connectivity index (χ3n) is 2.56. The van der Waals surface area contributed by atoms with Crippen LogP contribution < -0.4 is 10.5 Å². The first kappa shape index (κ1) is 15.3. The molecule has 0 radical (unpaired) electrons. The zero-order chi connectivity index (χ0) is 13.4. The average molecular weight is 284 g/mol. The van der Waals surface area contributed by atoms with E-state index in [1.807, 2.05) is 36.0 Å². The molecule has 0 bridgehead atoms. The van der Waals surface area contributed by atoms with Crippen molar-refractivity contribution in [1.29, 1.82) is 0 Å². The van der Waals surface area contributed by atoms with Gasteiger partial charge in [-0.2, -0.15) is 11.8 Å². The summed E-state index contributed by atoms with van der Waals surface area (Å²) in [5.74, 6) is 1.91. The summed E-state index contributed by atoms with van der Waals surface area (Å²) in [6, 6.07) is 7.62. The molecule has 0 aliphatic heterocycles. The second-order valence-corrected chi connectivity index (χ2v) is 5.43. The summed E-state index contributed by atoms with van der Waals surface area (Å²) in [7, 11) is 2.10. The largest absolute Gasteiger partial charge is 0.492 e. The zero-order valence-corrected chi connectivity index (χ0v) is 12.5. The minimum atomic E-state index is 0.376. The van der Waals surface area contributed by atoms with Gasteiger partial charge in [0, 0.05) is 18.8 Å². The third kappa shape index (κ3) is 5.25. The van der Waals surface area contributed by atoms with Crippen LogP contribution in [0, 0.1) is 0 Å². The Bertz CT molecular complexity index is 385. The van der Waals surface area contributed by atoms with Gasteiger partial charge in [-0.05, 0) is 25.4 Å². The molecular weight excluding hydrogens is 264 g/mol. The average Bonchev–Trinajstić information content (AvgIpc) is 2.36. The minimum absolute atomic E-state index is 0.376. The molecule has 0 fully saturated rings. The van der Waals surface area contributed by atoms with E-state index in [0.717, 1.165) is 30.2 Å². The highest BCUT2D eigenvalue weighted by Crippen LogP contribution is 2.17. The summed E-state index contributed by atoms with van der Waals surface area (Å²) in [5, 5.41) is 0. The highest BCUT2D eigenvalue weighted by Gasteiger charge is 2.05. The molecule has 1 rings (SSSR count). The van der Waals surface area contributed by atoms with Crippen LogP contribution in [0.15, 0.2) is 24.3 Å². The Morgan fingerprint density at radius 2 is 2.11 bits per heavy atom. The quantitative estimate of drug-likeness (QED) is 0.739. The number of nitrogens with zero attached hydrogens (tertiary/aromatic N) is 1. The van der Waals surface area contributed by atoms with Gasteiger partial charge in [-0.1, -0.05) is 24.4 Å². The molecule has 0 saturated heterocycles. The van der Waals surface area contributed by atoms with Crippen molar-refractivity contribution in [2.45, 2.75) is 0 Å². The van der Waals surface area contributed by atoms with Crippen LogP contribution in [0.2, 0.25) is 0 Å². The van der Waals surface area contributed by atoms with Gasteiger partial charge in [-0.3, -0.25) is 0 Å². The van der Waals surface area contributed by atoms with E-state index in [-0.39, 0.29) is 0 Å². The summed E-state index contributed by atoms with van der Waals surface area (Å²) in [5.41, 5.74) is 6.45. The molecule has 5 heteroatoms. The molecule has 0 atom stereocenters. The smallest absolute Gasteiger partial charge is 0.129 e. The Morgan fingerprint density at radius 1 is 1.39 bits per heavy atom. The second-order valence-electron chi connectivity index (χ2n) is 4.00. The summed E-state index contributed by atoms with van der Waals surface area (Å²) in [6.45, 7) is 2.61. The number of nitrogens with two attached hydrogens (primary N) is 1. The first-order valence-electron chi connectivity index (χ1n) is 5.84. The maximum atomic E-state index is 5.73. The van der Waals surface area contributed by atoms with Gasteiger partial charge in [0.15, 0.2) is 0 Å². The zero-order valence-electron chi connectivity index (χ0n) is 10.9. The van der Waals surface area contributed by atoms with Crippen LogP contribution in [-0.4, -0.2) is 48.6 Å². The summed E-state index contributed by atoms with van der Waals surface area (Å²) in [4.78, 5) is 2.63. The van der Waals surface area contributed by atoms with Crippen LogP contribution in [0.25, 0.3) is 0 Å². The van der Waals surface area contributed by atoms with E-state index in [0.29, 0.717) is 11.6 Å². The van der Waals surface area contributed by atoms with Crippen LogP contribution >= 0.6 is 24.0 Å². The minimum Gasteiger partial charge on any atom is -0.492 e. The summed E-state index contributed by atoms with van der Waals surface area (Å²) in [6.07, 6.45) is 2.11. The van der Waals surface area contributed by atoms with E-state index in [1.54, 1.807) is 0 Å². The Labute approximate surface area is 119 Å². The SMILES string of the molecule is CSCCN(C)CCOc1ccccc1C(N)=S. The molecule has 1 aromatic carbocycles. The van der Waals surface area contributed by atoms with Crippen LogP contribution in [0.1, 0.15) is 5.56 Å². The highest BCUT2D eigenvalue weighted by atomic mass is 32.2. The van der Waals surface area contributed by atoms with Crippen molar-refractivity contribution >= 4 is 29.0 Å². The molecule has 3 nitrogen and oxygen atoms in total. The molecule has 0 unspecified atom stereocenters. The van der Waals surface area contributed by atoms with E-state index in [9.17, 15) is 0 Å². The number of likely N-dealkylation sites (N-methyl/N-ethyl adjacent to an activating group) is 1. The highest BCUT2D eigenvalue weighted by molar-refractivity contribution is 7.98. The predicted octanol–water partition coefficient (Wildman–Crippen LogP) is 1.99. The Morgan fingerprint density at radius 3 is 2.78 bits per heavy atom. The van der Waals surface area contributed by atoms with Gasteiger partial charge in [0.05, 0.1) is 5.56 Å². The van der Waals surface area contributed by atoms with Crippen molar-refractivity contribution in [3.05, 3.63) is 29.8 Å². The topological polar surface area (TPSA) is 38.5 Å². The number of benzene rings is 1. The molecule has 2 N–H and O–H groups in total. The summed E-state index contributed by atoms with van der Waals surface area (Å²) >= 11 is 6.84. The molecule has 0 aromatic heterocycles. The van der Waals surface area contributed by atoms with Crippen molar-refractivity contribution in [3.8, 4) is 5.75 Å². The lowest BCUT2D eigenvalue weighted by atomic mass is 10.2. The van der Waals surface area contributed by atoms with Gasteiger partial charge < -0.3 is 15.4 Å². The molecule has 0 amide bonds. The van der Waals surface area contributed by atoms with Gasteiger partial charge >= 0.3 is 0 Å². The van der Waals surface area contributed by atoms with Gasteiger partial charge in [0.25, 0.3) is 0 Å². The molecule has 0 saturated carbocycles. The molecule has 0 aliphatic carbocycles. The Balaban J connectivity index is 2.41. The lowest BCUT2D eigenvalue weighted by Gasteiger charge is -2.17. The lowest BCUT2D eigenvalue weighted by molar-refractivity contribution is 0.244. The number of para-hydroxylation sites is 1. The number of rotatable bonds is 8. The lowest BCUT2D eigenvalue weighted by Crippen LogP contribution is -2.26. The second kappa shape index (κ2) is 8.34. The fourth-order valence-electron chi connectivity index (χ4n) is 1.47. The van der Waals surface area contributed by atoms with Gasteiger partial charge in [0.1, 0.15) is 17.3 Å². The molecule has 100 valence electrons. The van der Waals surface area contributed by atoms with Crippen LogP contribution in [0.3, 0.4) is 0 Å². The maximum absolute atomic E-state index is 5.73. The number of hydrogen-bond donors (Lipinski definition) is 1. The number of thiocarbonyl (C=S) groups is 1. The predicted molar refractivity (Wildman–Crippen MR) is 83.7 cm³/mol. The van der Waals surface area contributed by atoms with Crippen LogP contribution in [0.5, 0.6) is 5.75 Å². The first-order chi connectivity index (χ1) is 8.65. The number of ether oxygens (including phenoxy) is 1. The molecule has 0 spiro atoms. The van der Waals surface area contributed by atoms with E-state index < -0.39 is 0 Å². The first-order valence-corrected chi connectivity index (χ1v) is 7.64. The van der Waals surface area contributed by atoms with Gasteiger partial charge in [0.2, 0.25) is 0 Å². The van der Waals surface area contributed by atoms with Crippen LogP contribution in [0.4, 0.5) is 0 Å². The fraction of sp³-hybridized carbons (Fsp3) is 0.462. The molecule has 0 heterocycles. The summed E-state index contributed by atoms with van der Waals surface area (Å²) < 4.78 is 5.73. The molecule has 0 aliphatic rings. The Kier molecular flexibility index (Phi) is 7.08. The van der Waals surface area contributed by atoms with E-state index in [2.05, 4.69) is 18.2 Å². The normalized spacial score (nSPS) is 10.6. The van der Waals surface area contributed by atoms with E-state index in [4.69, 9.17) is 22.7 Å². The van der Waals surface area contributed by atoms with Gasteiger partial charge in [-0.25, -0.2) is 0 Å². The third-order valence-corrected chi connectivity index (χ3v) is 3.37. The Hall–Kier alpha value is -0.780. The van der Waals surface area contributed by atoms with Gasteiger partial charge in [-0.15, -0.1) is 0 Å². The number of thioether (sulfide) groups is 1. The van der Waals surface area contributed by atoms with Crippen molar-refractivity contribution in [2.24, 2.45) is 5.73 Å². The van der Waals surface area contributed by atoms with E-state index >= 15 is 0 Å². The molecule has 18 heavy (non-hydrogen) atoms. The number of hydrogen-bond acceptors (Lipinski definition) is 4. The molecular formula is C13H20N2OS2. The van der Waals surface area contributed by atoms with Crippen molar-refractivity contribution in [2.75, 3.05) is 38.8 Å². The van der Waals surface area contributed by atoms with E-state index in [1.165, 1.54) is 0 Å². The monoisotopic (exact) mass is 284 g/mol. The molecule has 1 aromatic rings. The van der Waals surface area contributed by atoms with Crippen LogP contribution in [-0.2, 0) is 0 Å². The van der Waals surface area contributed by atoms with Crippen molar-refractivity contribution in [3.63, 3.8) is 0 Å². The fourth-order valence-corrected chi connectivity index (χ4v) is 2.13.